The normalized spacial score (nSPS) is 17.0. The van der Waals surface area contributed by atoms with Gasteiger partial charge < -0.3 is 5.32 Å². The average molecular weight is 301 g/mol. The van der Waals surface area contributed by atoms with Crippen LogP contribution in [-0.4, -0.2) is 23.0 Å². The van der Waals surface area contributed by atoms with E-state index in [9.17, 15) is 0 Å². The number of thiazole rings is 1. The molecule has 1 aliphatic heterocycles. The van der Waals surface area contributed by atoms with E-state index in [-0.39, 0.29) is 6.04 Å². The lowest BCUT2D eigenvalue weighted by Crippen LogP contribution is -2.18. The standard InChI is InChI=1S/C17H23N3S/c1-13(17-12-21-14(2)19-17)18-16-7-5-15(6-8-16)11-20-9-3-4-10-20/h5-8,12-13,18H,3-4,9-11H2,1-2H3. The molecule has 0 saturated carbocycles. The predicted molar refractivity (Wildman–Crippen MR) is 89.8 cm³/mol. The highest BCUT2D eigenvalue weighted by atomic mass is 32.1. The maximum absolute atomic E-state index is 4.54. The van der Waals surface area contributed by atoms with Crippen LogP contribution in [0.2, 0.25) is 0 Å². The van der Waals surface area contributed by atoms with Crippen LogP contribution in [0.4, 0.5) is 5.69 Å². The van der Waals surface area contributed by atoms with E-state index in [1.807, 2.05) is 6.92 Å². The summed E-state index contributed by atoms with van der Waals surface area (Å²) in [5, 5.41) is 6.78. The van der Waals surface area contributed by atoms with Gasteiger partial charge in [-0.3, -0.25) is 4.90 Å². The summed E-state index contributed by atoms with van der Waals surface area (Å²) in [5.74, 6) is 0. The summed E-state index contributed by atoms with van der Waals surface area (Å²) in [6, 6.07) is 9.08. The van der Waals surface area contributed by atoms with E-state index in [0.29, 0.717) is 0 Å². The van der Waals surface area contributed by atoms with Gasteiger partial charge in [-0.15, -0.1) is 11.3 Å². The van der Waals surface area contributed by atoms with Crippen LogP contribution in [0.3, 0.4) is 0 Å². The van der Waals surface area contributed by atoms with Crippen molar-refractivity contribution >= 4 is 17.0 Å². The van der Waals surface area contributed by atoms with Gasteiger partial charge in [-0.2, -0.15) is 0 Å². The molecule has 4 heteroatoms. The Kier molecular flexibility index (Phi) is 4.56. The summed E-state index contributed by atoms with van der Waals surface area (Å²) >= 11 is 1.71. The van der Waals surface area contributed by atoms with E-state index in [4.69, 9.17) is 0 Å². The van der Waals surface area contributed by atoms with Crippen LogP contribution in [-0.2, 0) is 6.54 Å². The number of nitrogens with zero attached hydrogens (tertiary/aromatic N) is 2. The molecule has 0 spiro atoms. The van der Waals surface area contributed by atoms with Crippen LogP contribution in [0.25, 0.3) is 0 Å². The summed E-state index contributed by atoms with van der Waals surface area (Å²) < 4.78 is 0. The highest BCUT2D eigenvalue weighted by Gasteiger charge is 2.12. The molecule has 0 bridgehead atoms. The minimum absolute atomic E-state index is 0.249. The zero-order chi connectivity index (χ0) is 14.7. The van der Waals surface area contributed by atoms with Crippen LogP contribution in [0.15, 0.2) is 29.6 Å². The molecule has 2 heterocycles. The molecule has 1 aliphatic rings. The van der Waals surface area contributed by atoms with Gasteiger partial charge in [0.2, 0.25) is 0 Å². The number of aryl methyl sites for hydroxylation is 1. The van der Waals surface area contributed by atoms with E-state index < -0.39 is 0 Å². The summed E-state index contributed by atoms with van der Waals surface area (Å²) in [6.45, 7) is 7.79. The van der Waals surface area contributed by atoms with E-state index in [0.717, 1.165) is 17.2 Å². The van der Waals surface area contributed by atoms with Crippen molar-refractivity contribution in [2.24, 2.45) is 0 Å². The van der Waals surface area contributed by atoms with Gasteiger partial charge in [0, 0.05) is 17.6 Å². The van der Waals surface area contributed by atoms with Gasteiger partial charge in [-0.1, -0.05) is 12.1 Å². The van der Waals surface area contributed by atoms with E-state index >= 15 is 0 Å². The minimum atomic E-state index is 0.249. The van der Waals surface area contributed by atoms with Gasteiger partial charge in [0.25, 0.3) is 0 Å². The number of hydrogen-bond acceptors (Lipinski definition) is 4. The van der Waals surface area contributed by atoms with E-state index in [1.54, 1.807) is 11.3 Å². The number of likely N-dealkylation sites (tertiary alicyclic amines) is 1. The molecule has 1 fully saturated rings. The van der Waals surface area contributed by atoms with E-state index in [2.05, 4.69) is 51.8 Å². The van der Waals surface area contributed by atoms with E-state index in [1.165, 1.54) is 37.2 Å². The molecule has 1 aromatic heterocycles. The number of hydrogen-bond donors (Lipinski definition) is 1. The van der Waals surface area contributed by atoms with Crippen molar-refractivity contribution in [3.05, 3.63) is 45.9 Å². The molecule has 112 valence electrons. The van der Waals surface area contributed by atoms with Gasteiger partial charge in [0.15, 0.2) is 0 Å². The molecule has 1 saturated heterocycles. The van der Waals surface area contributed by atoms with Crippen molar-refractivity contribution < 1.29 is 0 Å². The lowest BCUT2D eigenvalue weighted by Gasteiger charge is -2.16. The Bertz CT molecular complexity index is 570. The minimum Gasteiger partial charge on any atom is -0.377 e. The van der Waals surface area contributed by atoms with Gasteiger partial charge in [-0.25, -0.2) is 4.98 Å². The monoisotopic (exact) mass is 301 g/mol. The molecule has 1 aromatic carbocycles. The Morgan fingerprint density at radius 1 is 1.24 bits per heavy atom. The summed E-state index contributed by atoms with van der Waals surface area (Å²) in [7, 11) is 0. The largest absolute Gasteiger partial charge is 0.377 e. The lowest BCUT2D eigenvalue weighted by molar-refractivity contribution is 0.331. The van der Waals surface area contributed by atoms with Crippen LogP contribution in [0.5, 0.6) is 0 Å². The first-order valence-corrected chi connectivity index (χ1v) is 8.58. The smallest absolute Gasteiger partial charge is 0.0898 e. The number of benzene rings is 1. The van der Waals surface area contributed by atoms with Gasteiger partial charge in [0.05, 0.1) is 16.7 Å². The van der Waals surface area contributed by atoms with Gasteiger partial charge in [-0.05, 0) is 57.5 Å². The molecule has 0 aliphatic carbocycles. The van der Waals surface area contributed by atoms with Crippen molar-refractivity contribution in [2.45, 2.75) is 39.3 Å². The molecule has 0 amide bonds. The topological polar surface area (TPSA) is 28.2 Å². The number of aromatic nitrogens is 1. The quantitative estimate of drug-likeness (QED) is 0.896. The Morgan fingerprint density at radius 3 is 2.57 bits per heavy atom. The first kappa shape index (κ1) is 14.5. The number of anilines is 1. The highest BCUT2D eigenvalue weighted by molar-refractivity contribution is 7.09. The SMILES string of the molecule is Cc1nc(C(C)Nc2ccc(CN3CCCC3)cc2)cs1. The zero-order valence-electron chi connectivity index (χ0n) is 12.8. The van der Waals surface area contributed by atoms with Crippen LogP contribution in [0.1, 0.15) is 42.1 Å². The second-order valence-corrected chi connectivity index (χ2v) is 6.90. The first-order valence-electron chi connectivity index (χ1n) is 7.70. The van der Waals surface area contributed by atoms with Crippen molar-refractivity contribution in [1.82, 2.24) is 9.88 Å². The summed E-state index contributed by atoms with van der Waals surface area (Å²) in [4.78, 5) is 7.07. The molecule has 3 rings (SSSR count). The van der Waals surface area contributed by atoms with Gasteiger partial charge >= 0.3 is 0 Å². The highest BCUT2D eigenvalue weighted by Crippen LogP contribution is 2.21. The number of rotatable bonds is 5. The third kappa shape index (κ3) is 3.83. The lowest BCUT2D eigenvalue weighted by atomic mass is 10.1. The summed E-state index contributed by atoms with van der Waals surface area (Å²) in [5.41, 5.74) is 3.69. The average Bonchev–Trinajstić information content (AvgIpc) is 3.12. The van der Waals surface area contributed by atoms with Crippen LogP contribution < -0.4 is 5.32 Å². The Labute approximate surface area is 131 Å². The van der Waals surface area contributed by atoms with Gasteiger partial charge in [0.1, 0.15) is 0 Å². The maximum Gasteiger partial charge on any atom is 0.0898 e. The number of nitrogens with one attached hydrogen (secondary N) is 1. The second kappa shape index (κ2) is 6.58. The Morgan fingerprint density at radius 2 is 1.95 bits per heavy atom. The molecule has 0 radical (unpaired) electrons. The van der Waals surface area contributed by atoms with Crippen molar-refractivity contribution in [1.29, 1.82) is 0 Å². The maximum atomic E-state index is 4.54. The molecule has 1 N–H and O–H groups in total. The Balaban J connectivity index is 1.58. The molecule has 3 nitrogen and oxygen atoms in total. The molecule has 1 unspecified atom stereocenters. The fraction of sp³-hybridized carbons (Fsp3) is 0.471. The molecule has 1 atom stereocenters. The van der Waals surface area contributed by atoms with Crippen LogP contribution in [0, 0.1) is 6.92 Å². The fourth-order valence-electron chi connectivity index (χ4n) is 2.81. The zero-order valence-corrected chi connectivity index (χ0v) is 13.6. The molecular formula is C17H23N3S. The fourth-order valence-corrected chi connectivity index (χ4v) is 3.51. The first-order chi connectivity index (χ1) is 10.2. The molecule has 2 aromatic rings. The van der Waals surface area contributed by atoms with Crippen molar-refractivity contribution in [3.8, 4) is 0 Å². The summed E-state index contributed by atoms with van der Waals surface area (Å²) in [6.07, 6.45) is 2.70. The third-order valence-corrected chi connectivity index (χ3v) is 4.81. The second-order valence-electron chi connectivity index (χ2n) is 5.84. The predicted octanol–water partition coefficient (Wildman–Crippen LogP) is 4.22. The third-order valence-electron chi connectivity index (χ3n) is 4.02. The Hall–Kier alpha value is -1.39. The van der Waals surface area contributed by atoms with Crippen molar-refractivity contribution in [2.75, 3.05) is 18.4 Å². The van der Waals surface area contributed by atoms with Crippen molar-refractivity contribution in [3.63, 3.8) is 0 Å². The van der Waals surface area contributed by atoms with Crippen LogP contribution >= 0.6 is 11.3 Å². The molecule has 21 heavy (non-hydrogen) atoms. The molecular weight excluding hydrogens is 278 g/mol.